The molecule has 0 radical (unpaired) electrons. The molecule has 0 aromatic carbocycles. The maximum Gasteiger partial charge on any atom is 0.222 e. The van der Waals surface area contributed by atoms with E-state index < -0.39 is 0 Å². The number of nitrogens with one attached hydrogen (secondary N) is 1. The highest BCUT2D eigenvalue weighted by molar-refractivity contribution is 5.76. The summed E-state index contributed by atoms with van der Waals surface area (Å²) in [4.78, 5) is 14.4. The quantitative estimate of drug-likeness (QED) is 0.830. The number of rotatable bonds is 5. The van der Waals surface area contributed by atoms with Crippen molar-refractivity contribution < 1.29 is 4.79 Å². The normalized spacial score (nSPS) is 24.3. The van der Waals surface area contributed by atoms with Crippen LogP contribution < -0.4 is 5.32 Å². The number of hydrogen-bond acceptors (Lipinski definition) is 2. The smallest absolute Gasteiger partial charge is 0.222 e. The largest absolute Gasteiger partial charge is 0.341 e. The minimum Gasteiger partial charge on any atom is -0.341 e. The Hall–Kier alpha value is -0.570. The monoisotopic (exact) mass is 266 g/mol. The Kier molecular flexibility index (Phi) is 6.15. The van der Waals surface area contributed by atoms with E-state index in [0.29, 0.717) is 11.9 Å². The fraction of sp³-hybridized carbons (Fsp3) is 0.938. The van der Waals surface area contributed by atoms with Crippen LogP contribution in [0.2, 0.25) is 0 Å². The van der Waals surface area contributed by atoms with Crippen LogP contribution in [0, 0.1) is 5.92 Å². The van der Waals surface area contributed by atoms with Gasteiger partial charge < -0.3 is 10.2 Å². The highest BCUT2D eigenvalue weighted by Crippen LogP contribution is 2.28. The lowest BCUT2D eigenvalue weighted by molar-refractivity contribution is -0.132. The van der Waals surface area contributed by atoms with Gasteiger partial charge in [-0.3, -0.25) is 4.79 Å². The second-order valence-corrected chi connectivity index (χ2v) is 6.21. The molecule has 1 aliphatic heterocycles. The SMILES string of the molecule is CCNC(CN1CCCCCCC1=O)C1CCCC1. The summed E-state index contributed by atoms with van der Waals surface area (Å²) in [5.74, 6) is 1.18. The third kappa shape index (κ3) is 4.48. The van der Waals surface area contributed by atoms with E-state index in [1.54, 1.807) is 0 Å². The van der Waals surface area contributed by atoms with Crippen molar-refractivity contribution in [1.82, 2.24) is 10.2 Å². The van der Waals surface area contributed by atoms with Gasteiger partial charge in [0, 0.05) is 25.6 Å². The molecule has 2 fully saturated rings. The van der Waals surface area contributed by atoms with Crippen molar-refractivity contribution in [2.75, 3.05) is 19.6 Å². The van der Waals surface area contributed by atoms with Crippen molar-refractivity contribution in [2.24, 2.45) is 5.92 Å². The number of likely N-dealkylation sites (N-methyl/N-ethyl adjacent to an activating group) is 1. The van der Waals surface area contributed by atoms with E-state index in [-0.39, 0.29) is 0 Å². The van der Waals surface area contributed by atoms with Crippen molar-refractivity contribution in [1.29, 1.82) is 0 Å². The number of nitrogens with zero attached hydrogens (tertiary/aromatic N) is 1. The van der Waals surface area contributed by atoms with Gasteiger partial charge in [-0.2, -0.15) is 0 Å². The Labute approximate surface area is 118 Å². The molecular weight excluding hydrogens is 236 g/mol. The Morgan fingerprint density at radius 2 is 1.89 bits per heavy atom. The summed E-state index contributed by atoms with van der Waals surface area (Å²) in [6, 6.07) is 0.524. The maximum atomic E-state index is 12.2. The van der Waals surface area contributed by atoms with Gasteiger partial charge in [0.1, 0.15) is 0 Å². The van der Waals surface area contributed by atoms with Crippen LogP contribution in [0.3, 0.4) is 0 Å². The Balaban J connectivity index is 1.91. The minimum absolute atomic E-state index is 0.389. The molecule has 1 saturated heterocycles. The number of hydrogen-bond donors (Lipinski definition) is 1. The minimum atomic E-state index is 0.389. The molecule has 0 bridgehead atoms. The molecule has 1 N–H and O–H groups in total. The molecule has 1 saturated carbocycles. The summed E-state index contributed by atoms with van der Waals surface area (Å²) in [7, 11) is 0. The molecule has 0 aromatic rings. The van der Waals surface area contributed by atoms with Crippen molar-refractivity contribution in [3.63, 3.8) is 0 Å². The summed E-state index contributed by atoms with van der Waals surface area (Å²) in [6.07, 6.45) is 11.0. The third-order valence-electron chi connectivity index (χ3n) is 4.77. The van der Waals surface area contributed by atoms with Crippen LogP contribution in [-0.2, 0) is 4.79 Å². The lowest BCUT2D eigenvalue weighted by Crippen LogP contribution is -2.47. The standard InChI is InChI=1S/C16H30N2O/c1-2-17-15(14-9-6-7-10-14)13-18-12-8-4-3-5-11-16(18)19/h14-15,17H,2-13H2,1H3. The van der Waals surface area contributed by atoms with Crippen LogP contribution in [0.15, 0.2) is 0 Å². The van der Waals surface area contributed by atoms with Crippen molar-refractivity contribution in [2.45, 2.75) is 70.8 Å². The molecule has 3 heteroatoms. The van der Waals surface area contributed by atoms with Crippen molar-refractivity contribution in [3.8, 4) is 0 Å². The van der Waals surface area contributed by atoms with E-state index in [2.05, 4.69) is 17.1 Å². The van der Waals surface area contributed by atoms with Crippen molar-refractivity contribution >= 4 is 5.91 Å². The lowest BCUT2D eigenvalue weighted by Gasteiger charge is -2.32. The first-order chi connectivity index (χ1) is 9.31. The predicted octanol–water partition coefficient (Wildman–Crippen LogP) is 2.95. The van der Waals surface area contributed by atoms with Crippen LogP contribution >= 0.6 is 0 Å². The van der Waals surface area contributed by atoms with E-state index in [0.717, 1.165) is 38.4 Å². The van der Waals surface area contributed by atoms with Gasteiger partial charge in [0.2, 0.25) is 5.91 Å². The summed E-state index contributed by atoms with van der Waals surface area (Å²) >= 11 is 0. The lowest BCUT2D eigenvalue weighted by atomic mass is 9.96. The van der Waals surface area contributed by atoms with Crippen LogP contribution in [-0.4, -0.2) is 36.5 Å². The number of carbonyl (C=O) groups is 1. The van der Waals surface area contributed by atoms with E-state index in [1.807, 2.05) is 0 Å². The number of amides is 1. The molecule has 1 amide bonds. The number of likely N-dealkylation sites (tertiary alicyclic amines) is 1. The zero-order chi connectivity index (χ0) is 13.5. The first-order valence-corrected chi connectivity index (χ1v) is 8.32. The summed E-state index contributed by atoms with van der Waals surface area (Å²) in [5.41, 5.74) is 0. The van der Waals surface area contributed by atoms with Gasteiger partial charge in [-0.1, -0.05) is 32.6 Å². The molecular formula is C16H30N2O. The average Bonchev–Trinajstić information content (AvgIpc) is 2.91. The molecule has 0 aromatic heterocycles. The van der Waals surface area contributed by atoms with Gasteiger partial charge in [-0.05, 0) is 38.1 Å². The molecule has 2 rings (SSSR count). The topological polar surface area (TPSA) is 32.3 Å². The summed E-state index contributed by atoms with van der Waals surface area (Å²) < 4.78 is 0. The molecule has 1 heterocycles. The molecule has 110 valence electrons. The van der Waals surface area contributed by atoms with E-state index in [4.69, 9.17) is 0 Å². The van der Waals surface area contributed by atoms with Gasteiger partial charge in [-0.15, -0.1) is 0 Å². The van der Waals surface area contributed by atoms with E-state index in [9.17, 15) is 4.79 Å². The zero-order valence-corrected chi connectivity index (χ0v) is 12.5. The summed E-state index contributed by atoms with van der Waals surface area (Å²) in [6.45, 7) is 5.12. The fourth-order valence-electron chi connectivity index (χ4n) is 3.65. The molecule has 1 aliphatic carbocycles. The second-order valence-electron chi connectivity index (χ2n) is 6.21. The maximum absolute atomic E-state index is 12.2. The van der Waals surface area contributed by atoms with Gasteiger partial charge in [0.25, 0.3) is 0 Å². The Bertz CT molecular complexity index is 274. The molecule has 1 atom stereocenters. The van der Waals surface area contributed by atoms with Crippen molar-refractivity contribution in [3.05, 3.63) is 0 Å². The Morgan fingerprint density at radius 1 is 1.16 bits per heavy atom. The molecule has 19 heavy (non-hydrogen) atoms. The van der Waals surface area contributed by atoms with Crippen LogP contribution in [0.4, 0.5) is 0 Å². The molecule has 2 aliphatic rings. The number of carbonyl (C=O) groups excluding carboxylic acids is 1. The van der Waals surface area contributed by atoms with Crippen LogP contribution in [0.25, 0.3) is 0 Å². The third-order valence-corrected chi connectivity index (χ3v) is 4.77. The second kappa shape index (κ2) is 7.88. The van der Waals surface area contributed by atoms with Gasteiger partial charge >= 0.3 is 0 Å². The highest BCUT2D eigenvalue weighted by atomic mass is 16.2. The molecule has 3 nitrogen and oxygen atoms in total. The average molecular weight is 266 g/mol. The first kappa shape index (κ1) is 14.8. The van der Waals surface area contributed by atoms with E-state index >= 15 is 0 Å². The van der Waals surface area contributed by atoms with Crippen LogP contribution in [0.5, 0.6) is 0 Å². The predicted molar refractivity (Wildman–Crippen MR) is 79.1 cm³/mol. The van der Waals surface area contributed by atoms with E-state index in [1.165, 1.54) is 44.9 Å². The molecule has 0 spiro atoms. The first-order valence-electron chi connectivity index (χ1n) is 8.32. The van der Waals surface area contributed by atoms with Gasteiger partial charge in [0.05, 0.1) is 0 Å². The molecule has 1 unspecified atom stereocenters. The highest BCUT2D eigenvalue weighted by Gasteiger charge is 2.27. The van der Waals surface area contributed by atoms with Gasteiger partial charge in [0.15, 0.2) is 0 Å². The Morgan fingerprint density at radius 3 is 2.63 bits per heavy atom. The van der Waals surface area contributed by atoms with Crippen LogP contribution in [0.1, 0.15) is 64.7 Å². The fourth-order valence-corrected chi connectivity index (χ4v) is 3.65. The van der Waals surface area contributed by atoms with Gasteiger partial charge in [-0.25, -0.2) is 0 Å². The zero-order valence-electron chi connectivity index (χ0n) is 12.5. The summed E-state index contributed by atoms with van der Waals surface area (Å²) in [5, 5.41) is 3.63.